The minimum atomic E-state index is -0.282. The van der Waals surface area contributed by atoms with E-state index in [1.54, 1.807) is 18.2 Å². The number of fused-ring (bicyclic) bond motifs is 1. The average Bonchev–Trinajstić information content (AvgIpc) is 2.42. The molecule has 1 aromatic carbocycles. The van der Waals surface area contributed by atoms with Crippen molar-refractivity contribution in [3.8, 4) is 5.75 Å². The Labute approximate surface area is 88.1 Å². The van der Waals surface area contributed by atoms with Gasteiger partial charge in [0.25, 0.3) is 0 Å². The summed E-state index contributed by atoms with van der Waals surface area (Å²) in [6.45, 7) is 3.91. The first kappa shape index (κ1) is 9.98. The molecule has 0 atom stereocenters. The number of nitrogens with two attached hydrogens (primary N) is 1. The van der Waals surface area contributed by atoms with Crippen LogP contribution < -0.4 is 5.73 Å². The van der Waals surface area contributed by atoms with E-state index >= 15 is 0 Å². The quantitative estimate of drug-likeness (QED) is 0.696. The van der Waals surface area contributed by atoms with Gasteiger partial charge in [0.1, 0.15) is 11.6 Å². The maximum atomic E-state index is 9.30. The fourth-order valence-electron chi connectivity index (χ4n) is 1.57. The number of phenolic OH excluding ortho intramolecular Hbond substituents is 1. The van der Waals surface area contributed by atoms with E-state index in [0.717, 1.165) is 16.9 Å². The SMILES string of the molecule is CC(C)(N)Cc1nc2ccc(O)cc2[nH]1. The number of nitrogens with one attached hydrogen (secondary N) is 1. The summed E-state index contributed by atoms with van der Waals surface area (Å²) in [5.41, 5.74) is 7.32. The molecule has 4 nitrogen and oxygen atoms in total. The summed E-state index contributed by atoms with van der Waals surface area (Å²) in [7, 11) is 0. The van der Waals surface area contributed by atoms with Gasteiger partial charge in [0.05, 0.1) is 11.0 Å². The second kappa shape index (κ2) is 3.24. The van der Waals surface area contributed by atoms with Crippen molar-refractivity contribution in [2.75, 3.05) is 0 Å². The molecule has 0 aliphatic heterocycles. The summed E-state index contributed by atoms with van der Waals surface area (Å²) in [5.74, 6) is 1.09. The maximum absolute atomic E-state index is 9.30. The van der Waals surface area contributed by atoms with Gasteiger partial charge in [-0.2, -0.15) is 0 Å². The van der Waals surface area contributed by atoms with Gasteiger partial charge in [0.15, 0.2) is 0 Å². The first-order chi connectivity index (χ1) is 6.94. The number of imidazole rings is 1. The van der Waals surface area contributed by atoms with Gasteiger partial charge < -0.3 is 15.8 Å². The summed E-state index contributed by atoms with van der Waals surface area (Å²) in [5, 5.41) is 9.30. The molecule has 0 radical (unpaired) electrons. The lowest BCUT2D eigenvalue weighted by molar-refractivity contribution is 0.476. The normalized spacial score (nSPS) is 12.2. The maximum Gasteiger partial charge on any atom is 0.117 e. The number of benzene rings is 1. The number of aromatic hydroxyl groups is 1. The average molecular weight is 205 g/mol. The Kier molecular flexibility index (Phi) is 2.16. The van der Waals surface area contributed by atoms with E-state index in [9.17, 15) is 5.11 Å². The summed E-state index contributed by atoms with van der Waals surface area (Å²) in [4.78, 5) is 7.53. The molecule has 0 unspecified atom stereocenters. The summed E-state index contributed by atoms with van der Waals surface area (Å²) in [6, 6.07) is 5.07. The van der Waals surface area contributed by atoms with Gasteiger partial charge >= 0.3 is 0 Å². The second-order valence-electron chi connectivity index (χ2n) is 4.55. The van der Waals surface area contributed by atoms with Crippen LogP contribution in [0.2, 0.25) is 0 Å². The Hall–Kier alpha value is -1.55. The predicted molar refractivity (Wildman–Crippen MR) is 59.7 cm³/mol. The zero-order chi connectivity index (χ0) is 11.1. The number of rotatable bonds is 2. The van der Waals surface area contributed by atoms with E-state index in [0.29, 0.717) is 6.42 Å². The molecule has 15 heavy (non-hydrogen) atoms. The lowest BCUT2D eigenvalue weighted by Crippen LogP contribution is -2.34. The van der Waals surface area contributed by atoms with Gasteiger partial charge in [-0.15, -0.1) is 0 Å². The molecule has 0 aliphatic carbocycles. The molecule has 1 aromatic heterocycles. The fraction of sp³-hybridized carbons (Fsp3) is 0.364. The standard InChI is InChI=1S/C11H15N3O/c1-11(2,12)6-10-13-8-4-3-7(15)5-9(8)14-10/h3-5,15H,6,12H2,1-2H3,(H,13,14). The number of aromatic amines is 1. The lowest BCUT2D eigenvalue weighted by Gasteiger charge is -2.15. The van der Waals surface area contributed by atoms with Crippen LogP contribution in [0.1, 0.15) is 19.7 Å². The molecule has 0 amide bonds. The largest absolute Gasteiger partial charge is 0.508 e. The highest BCUT2D eigenvalue weighted by molar-refractivity contribution is 5.76. The monoisotopic (exact) mass is 205 g/mol. The Balaban J connectivity index is 2.39. The number of hydrogen-bond donors (Lipinski definition) is 3. The van der Waals surface area contributed by atoms with E-state index in [2.05, 4.69) is 9.97 Å². The Morgan fingerprint density at radius 1 is 1.47 bits per heavy atom. The first-order valence-electron chi connectivity index (χ1n) is 4.90. The molecular formula is C11H15N3O. The molecule has 4 heteroatoms. The highest BCUT2D eigenvalue weighted by Gasteiger charge is 2.14. The zero-order valence-electron chi connectivity index (χ0n) is 8.91. The molecule has 80 valence electrons. The van der Waals surface area contributed by atoms with Crippen molar-refractivity contribution >= 4 is 11.0 Å². The zero-order valence-corrected chi connectivity index (χ0v) is 8.91. The minimum Gasteiger partial charge on any atom is -0.508 e. The van der Waals surface area contributed by atoms with Crippen molar-refractivity contribution in [2.45, 2.75) is 25.8 Å². The van der Waals surface area contributed by atoms with Crippen molar-refractivity contribution in [3.63, 3.8) is 0 Å². The molecule has 2 rings (SSSR count). The van der Waals surface area contributed by atoms with Crippen LogP contribution in [0, 0.1) is 0 Å². The van der Waals surface area contributed by atoms with Crippen molar-refractivity contribution in [1.29, 1.82) is 0 Å². The Morgan fingerprint density at radius 3 is 2.87 bits per heavy atom. The molecule has 1 heterocycles. The predicted octanol–water partition coefficient (Wildman–Crippen LogP) is 1.55. The number of hydrogen-bond acceptors (Lipinski definition) is 3. The van der Waals surface area contributed by atoms with E-state index in [4.69, 9.17) is 5.73 Å². The Bertz CT molecular complexity index is 482. The topological polar surface area (TPSA) is 74.9 Å². The van der Waals surface area contributed by atoms with Crippen molar-refractivity contribution in [1.82, 2.24) is 9.97 Å². The van der Waals surface area contributed by atoms with Crippen LogP contribution in [0.4, 0.5) is 0 Å². The molecule has 0 saturated carbocycles. The molecule has 0 bridgehead atoms. The third kappa shape index (κ3) is 2.27. The van der Waals surface area contributed by atoms with Crippen molar-refractivity contribution < 1.29 is 5.11 Å². The molecule has 0 spiro atoms. The van der Waals surface area contributed by atoms with Crippen LogP contribution in [-0.2, 0) is 6.42 Å². The molecule has 0 saturated heterocycles. The summed E-state index contributed by atoms with van der Waals surface area (Å²) >= 11 is 0. The lowest BCUT2D eigenvalue weighted by atomic mass is 10.0. The summed E-state index contributed by atoms with van der Waals surface area (Å²) < 4.78 is 0. The second-order valence-corrected chi connectivity index (χ2v) is 4.55. The number of phenols is 1. The number of nitrogens with zero attached hydrogens (tertiary/aromatic N) is 1. The van der Waals surface area contributed by atoms with E-state index in [-0.39, 0.29) is 11.3 Å². The smallest absolute Gasteiger partial charge is 0.117 e. The fourth-order valence-corrected chi connectivity index (χ4v) is 1.57. The van der Waals surface area contributed by atoms with Crippen LogP contribution in [0.3, 0.4) is 0 Å². The first-order valence-corrected chi connectivity index (χ1v) is 4.90. The van der Waals surface area contributed by atoms with Gasteiger partial charge in [0.2, 0.25) is 0 Å². The number of aromatic nitrogens is 2. The van der Waals surface area contributed by atoms with Gasteiger partial charge in [0, 0.05) is 18.0 Å². The van der Waals surface area contributed by atoms with Crippen molar-refractivity contribution in [3.05, 3.63) is 24.0 Å². The highest BCUT2D eigenvalue weighted by atomic mass is 16.3. The van der Waals surface area contributed by atoms with E-state index in [1.807, 2.05) is 13.8 Å². The van der Waals surface area contributed by atoms with Crippen LogP contribution in [0.5, 0.6) is 5.75 Å². The Morgan fingerprint density at radius 2 is 2.20 bits per heavy atom. The molecular weight excluding hydrogens is 190 g/mol. The van der Waals surface area contributed by atoms with Crippen molar-refractivity contribution in [2.24, 2.45) is 5.73 Å². The third-order valence-corrected chi connectivity index (χ3v) is 2.14. The van der Waals surface area contributed by atoms with E-state index < -0.39 is 0 Å². The van der Waals surface area contributed by atoms with Gasteiger partial charge in [-0.3, -0.25) is 0 Å². The third-order valence-electron chi connectivity index (χ3n) is 2.14. The van der Waals surface area contributed by atoms with Crippen LogP contribution in [0.25, 0.3) is 11.0 Å². The van der Waals surface area contributed by atoms with Crippen LogP contribution >= 0.6 is 0 Å². The van der Waals surface area contributed by atoms with Crippen LogP contribution in [-0.4, -0.2) is 20.6 Å². The molecule has 4 N–H and O–H groups in total. The highest BCUT2D eigenvalue weighted by Crippen LogP contribution is 2.18. The molecule has 0 aliphatic rings. The number of H-pyrrole nitrogens is 1. The molecule has 2 aromatic rings. The summed E-state index contributed by atoms with van der Waals surface area (Å²) in [6.07, 6.45) is 0.683. The van der Waals surface area contributed by atoms with Gasteiger partial charge in [-0.05, 0) is 26.0 Å². The van der Waals surface area contributed by atoms with Gasteiger partial charge in [-0.1, -0.05) is 0 Å². The van der Waals surface area contributed by atoms with Crippen LogP contribution in [0.15, 0.2) is 18.2 Å². The minimum absolute atomic E-state index is 0.240. The molecule has 0 fully saturated rings. The van der Waals surface area contributed by atoms with E-state index in [1.165, 1.54) is 0 Å². The van der Waals surface area contributed by atoms with Gasteiger partial charge in [-0.25, -0.2) is 4.98 Å².